The van der Waals surface area contributed by atoms with Gasteiger partial charge in [0.25, 0.3) is 5.91 Å². The first-order valence-corrected chi connectivity index (χ1v) is 6.91. The lowest BCUT2D eigenvalue weighted by Gasteiger charge is -2.11. The molecular formula is C13H9BrCl2N2O. The van der Waals surface area contributed by atoms with Crippen LogP contribution in [0.4, 0.5) is 5.69 Å². The van der Waals surface area contributed by atoms with E-state index < -0.39 is 0 Å². The van der Waals surface area contributed by atoms with Gasteiger partial charge in [-0.05, 0) is 46.6 Å². The lowest BCUT2D eigenvalue weighted by atomic mass is 10.2. The van der Waals surface area contributed by atoms with Crippen molar-refractivity contribution in [2.45, 2.75) is 6.92 Å². The molecule has 0 saturated carbocycles. The second kappa shape index (κ2) is 5.90. The minimum Gasteiger partial charge on any atom is -0.319 e. The molecule has 98 valence electrons. The van der Waals surface area contributed by atoms with Crippen LogP contribution in [0.5, 0.6) is 0 Å². The molecule has 0 atom stereocenters. The molecule has 2 rings (SSSR count). The maximum atomic E-state index is 12.1. The van der Waals surface area contributed by atoms with E-state index in [0.717, 1.165) is 5.56 Å². The summed E-state index contributed by atoms with van der Waals surface area (Å²) >= 11 is 15.4. The van der Waals surface area contributed by atoms with Gasteiger partial charge in [0.05, 0.1) is 21.3 Å². The number of carbonyl (C=O) groups excluding carboxylic acids is 1. The molecule has 6 heteroatoms. The molecule has 0 aliphatic carbocycles. The number of rotatable bonds is 2. The first-order valence-electron chi connectivity index (χ1n) is 5.36. The summed E-state index contributed by atoms with van der Waals surface area (Å²) in [5.41, 5.74) is 1.68. The number of carbonyl (C=O) groups is 1. The van der Waals surface area contributed by atoms with Crippen LogP contribution >= 0.6 is 39.1 Å². The van der Waals surface area contributed by atoms with E-state index in [2.05, 4.69) is 26.2 Å². The Hall–Kier alpha value is -1.10. The zero-order valence-electron chi connectivity index (χ0n) is 9.88. The molecule has 0 fully saturated rings. The largest absolute Gasteiger partial charge is 0.319 e. The first kappa shape index (κ1) is 14.3. The lowest BCUT2D eigenvalue weighted by Crippen LogP contribution is -2.13. The summed E-state index contributed by atoms with van der Waals surface area (Å²) in [7, 11) is 0. The Kier molecular flexibility index (Phi) is 4.45. The highest BCUT2D eigenvalue weighted by molar-refractivity contribution is 9.10. The van der Waals surface area contributed by atoms with Gasteiger partial charge in [-0.2, -0.15) is 0 Å². The normalized spacial score (nSPS) is 10.3. The van der Waals surface area contributed by atoms with Crippen LogP contribution in [0.15, 0.2) is 35.1 Å². The van der Waals surface area contributed by atoms with Crippen LogP contribution in [-0.2, 0) is 0 Å². The molecule has 0 aliphatic rings. The van der Waals surface area contributed by atoms with Crippen LogP contribution in [-0.4, -0.2) is 10.9 Å². The number of nitrogens with one attached hydrogen (secondary N) is 1. The Balaban J connectivity index is 2.29. The standard InChI is InChI=1S/C13H9BrCl2N2O/c1-7-2-4-9(15)12(11(7)16)18-13(19)8-3-5-10(14)17-6-8/h2-6H,1H3,(H,18,19). The highest BCUT2D eigenvalue weighted by Gasteiger charge is 2.13. The number of anilines is 1. The predicted octanol–water partition coefficient (Wildman–Crippen LogP) is 4.71. The Morgan fingerprint density at radius 3 is 2.63 bits per heavy atom. The summed E-state index contributed by atoms with van der Waals surface area (Å²) in [6.45, 7) is 1.84. The number of amides is 1. The molecule has 3 nitrogen and oxygen atoms in total. The summed E-state index contributed by atoms with van der Waals surface area (Å²) < 4.78 is 0.663. The van der Waals surface area contributed by atoms with Crippen molar-refractivity contribution in [1.29, 1.82) is 0 Å². The van der Waals surface area contributed by atoms with Crippen LogP contribution < -0.4 is 5.32 Å². The predicted molar refractivity (Wildman–Crippen MR) is 81.1 cm³/mol. The van der Waals surface area contributed by atoms with Crippen molar-refractivity contribution >= 4 is 50.7 Å². The summed E-state index contributed by atoms with van der Waals surface area (Å²) in [5, 5.41) is 3.53. The molecule has 0 unspecified atom stereocenters. The molecule has 1 amide bonds. The molecule has 1 aromatic heterocycles. The number of pyridine rings is 1. The van der Waals surface area contributed by atoms with Gasteiger partial charge in [0.15, 0.2) is 0 Å². The number of benzene rings is 1. The maximum Gasteiger partial charge on any atom is 0.257 e. The zero-order chi connectivity index (χ0) is 14.0. The molecule has 0 radical (unpaired) electrons. The molecule has 1 aromatic carbocycles. The number of hydrogen-bond donors (Lipinski definition) is 1. The van der Waals surface area contributed by atoms with Crippen molar-refractivity contribution in [3.63, 3.8) is 0 Å². The Morgan fingerprint density at radius 2 is 2.00 bits per heavy atom. The summed E-state index contributed by atoms with van der Waals surface area (Å²) in [5.74, 6) is -0.311. The Labute approximate surface area is 129 Å². The van der Waals surface area contributed by atoms with Gasteiger partial charge < -0.3 is 5.32 Å². The summed E-state index contributed by atoms with van der Waals surface area (Å²) in [6.07, 6.45) is 1.47. The third-order valence-corrected chi connectivity index (χ3v) is 3.78. The Bertz CT molecular complexity index is 629. The highest BCUT2D eigenvalue weighted by atomic mass is 79.9. The van der Waals surface area contributed by atoms with Crippen LogP contribution in [0.3, 0.4) is 0 Å². The van der Waals surface area contributed by atoms with Crippen molar-refractivity contribution in [3.8, 4) is 0 Å². The van der Waals surface area contributed by atoms with E-state index in [1.54, 1.807) is 24.3 Å². The number of hydrogen-bond acceptors (Lipinski definition) is 2. The maximum absolute atomic E-state index is 12.1. The number of halogens is 3. The zero-order valence-corrected chi connectivity index (χ0v) is 13.0. The van der Waals surface area contributed by atoms with Crippen molar-refractivity contribution in [3.05, 3.63) is 56.2 Å². The van der Waals surface area contributed by atoms with Gasteiger partial charge in [0, 0.05) is 6.20 Å². The van der Waals surface area contributed by atoms with Crippen molar-refractivity contribution in [2.24, 2.45) is 0 Å². The van der Waals surface area contributed by atoms with Crippen molar-refractivity contribution in [2.75, 3.05) is 5.32 Å². The molecule has 0 bridgehead atoms. The van der Waals surface area contributed by atoms with E-state index in [9.17, 15) is 4.79 Å². The summed E-state index contributed by atoms with van der Waals surface area (Å²) in [6, 6.07) is 6.83. The average Bonchev–Trinajstić information content (AvgIpc) is 2.40. The van der Waals surface area contributed by atoms with E-state index >= 15 is 0 Å². The third kappa shape index (κ3) is 3.26. The monoisotopic (exact) mass is 358 g/mol. The molecule has 1 heterocycles. The molecule has 0 saturated heterocycles. The van der Waals surface area contributed by atoms with Crippen molar-refractivity contribution in [1.82, 2.24) is 4.98 Å². The molecule has 19 heavy (non-hydrogen) atoms. The quantitative estimate of drug-likeness (QED) is 0.789. The van der Waals surface area contributed by atoms with Crippen LogP contribution in [0.2, 0.25) is 10.0 Å². The fourth-order valence-corrected chi connectivity index (χ4v) is 2.17. The minimum atomic E-state index is -0.311. The molecule has 2 aromatic rings. The van der Waals surface area contributed by atoms with Gasteiger partial charge in [-0.15, -0.1) is 0 Å². The third-order valence-electron chi connectivity index (χ3n) is 2.51. The van der Waals surface area contributed by atoms with Crippen LogP contribution in [0.1, 0.15) is 15.9 Å². The van der Waals surface area contributed by atoms with Gasteiger partial charge in [0.2, 0.25) is 0 Å². The van der Waals surface area contributed by atoms with E-state index in [0.29, 0.717) is 25.9 Å². The van der Waals surface area contributed by atoms with Gasteiger partial charge in [-0.3, -0.25) is 4.79 Å². The topological polar surface area (TPSA) is 42.0 Å². The first-order chi connectivity index (χ1) is 8.99. The molecule has 1 N–H and O–H groups in total. The van der Waals surface area contributed by atoms with Gasteiger partial charge in [-0.25, -0.2) is 4.98 Å². The van der Waals surface area contributed by atoms with Gasteiger partial charge in [0.1, 0.15) is 4.60 Å². The van der Waals surface area contributed by atoms with E-state index in [4.69, 9.17) is 23.2 Å². The number of nitrogens with zero attached hydrogens (tertiary/aromatic N) is 1. The summed E-state index contributed by atoms with van der Waals surface area (Å²) in [4.78, 5) is 16.1. The minimum absolute atomic E-state index is 0.311. The van der Waals surface area contributed by atoms with Crippen LogP contribution in [0, 0.1) is 6.92 Å². The van der Waals surface area contributed by atoms with Gasteiger partial charge in [-0.1, -0.05) is 29.3 Å². The fourth-order valence-electron chi connectivity index (χ4n) is 1.47. The number of aromatic nitrogens is 1. The molecular weight excluding hydrogens is 351 g/mol. The second-order valence-corrected chi connectivity index (χ2v) is 5.47. The highest BCUT2D eigenvalue weighted by Crippen LogP contribution is 2.33. The number of aryl methyl sites for hydroxylation is 1. The van der Waals surface area contributed by atoms with Crippen LogP contribution in [0.25, 0.3) is 0 Å². The molecule has 0 spiro atoms. The van der Waals surface area contributed by atoms with E-state index in [1.807, 2.05) is 6.92 Å². The molecule has 0 aliphatic heterocycles. The SMILES string of the molecule is Cc1ccc(Cl)c(NC(=O)c2ccc(Br)nc2)c1Cl. The Morgan fingerprint density at radius 1 is 1.26 bits per heavy atom. The van der Waals surface area contributed by atoms with E-state index in [-0.39, 0.29) is 5.91 Å². The second-order valence-electron chi connectivity index (χ2n) is 3.88. The smallest absolute Gasteiger partial charge is 0.257 e. The van der Waals surface area contributed by atoms with Crippen molar-refractivity contribution < 1.29 is 4.79 Å². The average molecular weight is 360 g/mol. The van der Waals surface area contributed by atoms with E-state index in [1.165, 1.54) is 6.20 Å². The fraction of sp³-hybridized carbons (Fsp3) is 0.0769. The lowest BCUT2D eigenvalue weighted by molar-refractivity contribution is 0.102. The van der Waals surface area contributed by atoms with Gasteiger partial charge >= 0.3 is 0 Å².